The van der Waals surface area contributed by atoms with E-state index < -0.39 is 6.04 Å². The Kier molecular flexibility index (Phi) is 4.97. The molecule has 5 rings (SSSR count). The third-order valence-electron chi connectivity index (χ3n) is 5.73. The molecule has 2 aromatic carbocycles. The number of carbonyl (C=O) groups excluding carboxylic acids is 1. The first kappa shape index (κ1) is 20.6. The molecule has 33 heavy (non-hydrogen) atoms. The summed E-state index contributed by atoms with van der Waals surface area (Å²) in [4.78, 5) is 35.7. The van der Waals surface area contributed by atoms with Gasteiger partial charge in [-0.05, 0) is 50.6 Å². The van der Waals surface area contributed by atoms with Crippen LogP contribution in [0.2, 0.25) is 0 Å². The van der Waals surface area contributed by atoms with Crippen molar-refractivity contribution in [3.05, 3.63) is 100 Å². The topological polar surface area (TPSA) is 94.2 Å². The van der Waals surface area contributed by atoms with Crippen molar-refractivity contribution in [3.8, 4) is 5.69 Å². The summed E-state index contributed by atoms with van der Waals surface area (Å²) in [5, 5.41) is 7.94. The van der Waals surface area contributed by atoms with Crippen LogP contribution in [0.1, 0.15) is 40.4 Å². The molecular weight excluding hydrogens is 416 g/mol. The fourth-order valence-corrected chi connectivity index (χ4v) is 4.17. The molecule has 0 radical (unpaired) electrons. The van der Waals surface area contributed by atoms with Crippen LogP contribution >= 0.6 is 0 Å². The van der Waals surface area contributed by atoms with Crippen LogP contribution in [0.15, 0.2) is 71.9 Å². The molecule has 0 spiro atoms. The lowest BCUT2D eigenvalue weighted by Gasteiger charge is -2.20. The number of nitrogens with zero attached hydrogens (tertiary/aromatic N) is 5. The average molecular weight is 438 g/mol. The standard InChI is InChI=1S/C25H22N6O2/c1-15-8-7-11-19-21(15)25(33)31(18-9-5-4-6-10-18)23(28-19)17(3)27-24(32)22-16(2)29-30-14-26-13-12-20(22)30/h4-14,17H,1-3H3,(H,27,32)/t17-/m0/s1. The molecule has 1 N–H and O–H groups in total. The van der Waals surface area contributed by atoms with Gasteiger partial charge in [0, 0.05) is 6.20 Å². The highest BCUT2D eigenvalue weighted by Crippen LogP contribution is 2.21. The molecule has 3 aromatic heterocycles. The predicted molar refractivity (Wildman–Crippen MR) is 126 cm³/mol. The molecule has 5 aromatic rings. The number of hydrogen-bond donors (Lipinski definition) is 1. The Balaban J connectivity index is 1.64. The molecule has 3 heterocycles. The fourth-order valence-electron chi connectivity index (χ4n) is 4.17. The van der Waals surface area contributed by atoms with Crippen molar-refractivity contribution in [1.29, 1.82) is 0 Å². The second-order valence-electron chi connectivity index (χ2n) is 7.98. The number of amides is 1. The van der Waals surface area contributed by atoms with Crippen molar-refractivity contribution in [2.75, 3.05) is 0 Å². The van der Waals surface area contributed by atoms with E-state index in [0.717, 1.165) is 5.56 Å². The van der Waals surface area contributed by atoms with Crippen molar-refractivity contribution in [3.63, 3.8) is 0 Å². The number of carbonyl (C=O) groups is 1. The van der Waals surface area contributed by atoms with Crippen molar-refractivity contribution in [2.24, 2.45) is 0 Å². The quantitative estimate of drug-likeness (QED) is 0.463. The lowest BCUT2D eigenvalue weighted by Crippen LogP contribution is -2.33. The predicted octanol–water partition coefficient (Wildman–Crippen LogP) is 3.54. The van der Waals surface area contributed by atoms with Crippen molar-refractivity contribution < 1.29 is 4.79 Å². The zero-order valence-corrected chi connectivity index (χ0v) is 18.5. The van der Waals surface area contributed by atoms with Crippen LogP contribution in [-0.4, -0.2) is 30.1 Å². The van der Waals surface area contributed by atoms with Crippen molar-refractivity contribution >= 4 is 22.3 Å². The molecule has 1 amide bonds. The number of benzene rings is 2. The van der Waals surface area contributed by atoms with Gasteiger partial charge in [0.05, 0.1) is 39.4 Å². The van der Waals surface area contributed by atoms with Gasteiger partial charge in [0.25, 0.3) is 11.5 Å². The molecular formula is C25H22N6O2. The Morgan fingerprint density at radius 1 is 1.03 bits per heavy atom. The molecule has 0 saturated heterocycles. The largest absolute Gasteiger partial charge is 0.342 e. The molecule has 0 bridgehead atoms. The molecule has 0 unspecified atom stereocenters. The maximum Gasteiger partial charge on any atom is 0.266 e. The number of para-hydroxylation sites is 1. The molecule has 0 aliphatic heterocycles. The number of hydrogen-bond acceptors (Lipinski definition) is 5. The van der Waals surface area contributed by atoms with Crippen LogP contribution in [0, 0.1) is 13.8 Å². The molecule has 164 valence electrons. The lowest BCUT2D eigenvalue weighted by molar-refractivity contribution is 0.0939. The molecule has 8 heteroatoms. The van der Waals surface area contributed by atoms with Gasteiger partial charge in [0.2, 0.25) is 0 Å². The van der Waals surface area contributed by atoms with Crippen LogP contribution < -0.4 is 10.9 Å². The van der Waals surface area contributed by atoms with E-state index >= 15 is 0 Å². The monoisotopic (exact) mass is 438 g/mol. The van der Waals surface area contributed by atoms with Crippen LogP contribution in [0.3, 0.4) is 0 Å². The van der Waals surface area contributed by atoms with Crippen LogP contribution in [0.5, 0.6) is 0 Å². The number of rotatable bonds is 4. The molecule has 0 fully saturated rings. The third-order valence-corrected chi connectivity index (χ3v) is 5.73. The molecule has 0 aliphatic carbocycles. The normalized spacial score (nSPS) is 12.2. The first-order chi connectivity index (χ1) is 16.0. The summed E-state index contributed by atoms with van der Waals surface area (Å²) in [5.74, 6) is 0.160. The van der Waals surface area contributed by atoms with Gasteiger partial charge < -0.3 is 5.32 Å². The van der Waals surface area contributed by atoms with E-state index in [9.17, 15) is 9.59 Å². The van der Waals surface area contributed by atoms with E-state index in [1.54, 1.807) is 34.6 Å². The zero-order valence-electron chi connectivity index (χ0n) is 18.5. The summed E-state index contributed by atoms with van der Waals surface area (Å²) in [6.45, 7) is 5.50. The number of aromatic nitrogens is 5. The zero-order chi connectivity index (χ0) is 23.1. The van der Waals surface area contributed by atoms with E-state index in [-0.39, 0.29) is 11.5 Å². The number of fused-ring (bicyclic) bond motifs is 2. The fraction of sp³-hybridized carbons (Fsp3) is 0.160. The van der Waals surface area contributed by atoms with E-state index in [0.29, 0.717) is 39.2 Å². The lowest BCUT2D eigenvalue weighted by atomic mass is 10.1. The van der Waals surface area contributed by atoms with Crippen LogP contribution in [0.4, 0.5) is 0 Å². The van der Waals surface area contributed by atoms with Crippen molar-refractivity contribution in [2.45, 2.75) is 26.8 Å². The Labute approximate surface area is 189 Å². The molecule has 8 nitrogen and oxygen atoms in total. The summed E-state index contributed by atoms with van der Waals surface area (Å²) in [6, 6.07) is 16.1. The van der Waals surface area contributed by atoms with Gasteiger partial charge in [0.15, 0.2) is 0 Å². The Bertz CT molecular complexity index is 1570. The maximum atomic E-state index is 13.6. The van der Waals surface area contributed by atoms with E-state index in [2.05, 4.69) is 15.4 Å². The molecule has 0 saturated carbocycles. The Morgan fingerprint density at radius 2 is 1.82 bits per heavy atom. The van der Waals surface area contributed by atoms with Crippen LogP contribution in [0.25, 0.3) is 22.1 Å². The minimum absolute atomic E-state index is 0.168. The summed E-state index contributed by atoms with van der Waals surface area (Å²) in [7, 11) is 0. The molecule has 1 atom stereocenters. The number of nitrogens with one attached hydrogen (secondary N) is 1. The third kappa shape index (κ3) is 3.45. The maximum absolute atomic E-state index is 13.6. The minimum atomic E-state index is -0.550. The van der Waals surface area contributed by atoms with Crippen LogP contribution in [-0.2, 0) is 0 Å². The highest BCUT2D eigenvalue weighted by molar-refractivity contribution is 6.02. The number of aryl methyl sites for hydroxylation is 2. The summed E-state index contributed by atoms with van der Waals surface area (Å²) >= 11 is 0. The highest BCUT2D eigenvalue weighted by atomic mass is 16.2. The van der Waals surface area contributed by atoms with Gasteiger partial charge in [-0.1, -0.05) is 30.3 Å². The summed E-state index contributed by atoms with van der Waals surface area (Å²) in [6.07, 6.45) is 3.18. The van der Waals surface area contributed by atoms with Crippen molar-refractivity contribution in [1.82, 2.24) is 29.5 Å². The van der Waals surface area contributed by atoms with Gasteiger partial charge in [-0.25, -0.2) is 14.5 Å². The van der Waals surface area contributed by atoms with Gasteiger partial charge in [-0.15, -0.1) is 0 Å². The Hall–Kier alpha value is -4.33. The summed E-state index contributed by atoms with van der Waals surface area (Å²) < 4.78 is 3.15. The first-order valence-corrected chi connectivity index (χ1v) is 10.6. The second-order valence-corrected chi connectivity index (χ2v) is 7.98. The smallest absolute Gasteiger partial charge is 0.266 e. The first-order valence-electron chi connectivity index (χ1n) is 10.6. The van der Waals surface area contributed by atoms with Gasteiger partial charge in [0.1, 0.15) is 12.2 Å². The van der Waals surface area contributed by atoms with E-state index in [1.807, 2.05) is 62.4 Å². The SMILES string of the molecule is Cc1nn2cnccc2c1C(=O)N[C@@H](C)c1nc2cccc(C)c2c(=O)n1-c1ccccc1. The van der Waals surface area contributed by atoms with Gasteiger partial charge >= 0.3 is 0 Å². The minimum Gasteiger partial charge on any atom is -0.342 e. The van der Waals surface area contributed by atoms with E-state index in [4.69, 9.17) is 4.98 Å². The average Bonchev–Trinajstić information content (AvgIpc) is 3.15. The van der Waals surface area contributed by atoms with Gasteiger partial charge in [-0.3, -0.25) is 14.2 Å². The highest BCUT2D eigenvalue weighted by Gasteiger charge is 2.23. The molecule has 0 aliphatic rings. The van der Waals surface area contributed by atoms with E-state index in [1.165, 1.54) is 0 Å². The Morgan fingerprint density at radius 3 is 2.61 bits per heavy atom. The second kappa shape index (κ2) is 7.98. The van der Waals surface area contributed by atoms with Gasteiger partial charge in [-0.2, -0.15) is 5.10 Å². The summed E-state index contributed by atoms with van der Waals surface area (Å²) in [5.41, 5.74) is 3.70.